The fraction of sp³-hybridized carbons (Fsp3) is 0.368. The van der Waals surface area contributed by atoms with E-state index in [0.29, 0.717) is 10.0 Å². The zero-order chi connectivity index (χ0) is 18.7. The number of fused-ring (bicyclic) bond motifs is 1. The number of aromatic nitrogens is 3. The average molecular weight is 392 g/mol. The molecule has 0 radical (unpaired) electrons. The predicted molar refractivity (Wildman–Crippen MR) is 110 cm³/mol. The maximum Gasteiger partial charge on any atom is 0.159 e. The number of halogens is 2. The van der Waals surface area contributed by atoms with Crippen LogP contribution >= 0.6 is 23.2 Å². The van der Waals surface area contributed by atoms with Crippen molar-refractivity contribution in [2.45, 2.75) is 33.6 Å². The molecule has 0 unspecified atom stereocenters. The van der Waals surface area contributed by atoms with Gasteiger partial charge in [-0.15, -0.1) is 0 Å². The van der Waals surface area contributed by atoms with E-state index in [-0.39, 0.29) is 0 Å². The Bertz CT molecular complexity index is 900. The summed E-state index contributed by atoms with van der Waals surface area (Å²) in [4.78, 5) is 7.09. The number of anilines is 3. The molecular formula is C19H23Cl2N5. The first-order valence-electron chi connectivity index (χ1n) is 8.86. The lowest BCUT2D eigenvalue weighted by atomic mass is 10.2. The molecular weight excluding hydrogens is 369 g/mol. The summed E-state index contributed by atoms with van der Waals surface area (Å²) in [5.74, 6) is 1.84. The summed E-state index contributed by atoms with van der Waals surface area (Å²) >= 11 is 12.3. The Labute approximate surface area is 163 Å². The minimum absolute atomic E-state index is 0.563. The monoisotopic (exact) mass is 391 g/mol. The van der Waals surface area contributed by atoms with E-state index in [4.69, 9.17) is 28.2 Å². The van der Waals surface area contributed by atoms with Gasteiger partial charge in [0.05, 0.1) is 16.9 Å². The SMILES string of the molecule is CCCN(CCC)c1c(C)c(Nc2ccc(Cl)cc2Cl)nc2ccnn12. The number of hydrogen-bond donors (Lipinski definition) is 1. The molecule has 1 aromatic carbocycles. The normalized spacial score (nSPS) is 11.1. The first-order valence-corrected chi connectivity index (χ1v) is 9.62. The average Bonchev–Trinajstić information content (AvgIpc) is 3.06. The van der Waals surface area contributed by atoms with Crippen molar-refractivity contribution in [2.24, 2.45) is 0 Å². The molecule has 3 rings (SSSR count). The molecule has 3 aromatic rings. The Balaban J connectivity index is 2.10. The third-order valence-electron chi connectivity index (χ3n) is 4.21. The van der Waals surface area contributed by atoms with Crippen LogP contribution in [-0.2, 0) is 0 Å². The topological polar surface area (TPSA) is 45.5 Å². The smallest absolute Gasteiger partial charge is 0.159 e. The Morgan fingerprint density at radius 3 is 2.50 bits per heavy atom. The molecule has 0 aliphatic heterocycles. The van der Waals surface area contributed by atoms with Crippen LogP contribution in [0.15, 0.2) is 30.5 Å². The second kappa shape index (κ2) is 8.14. The van der Waals surface area contributed by atoms with Crippen LogP contribution in [0.5, 0.6) is 0 Å². The van der Waals surface area contributed by atoms with Crippen LogP contribution in [0.3, 0.4) is 0 Å². The van der Waals surface area contributed by atoms with E-state index in [9.17, 15) is 0 Å². The van der Waals surface area contributed by atoms with Crippen molar-refractivity contribution in [3.8, 4) is 0 Å². The molecule has 0 saturated carbocycles. The van der Waals surface area contributed by atoms with Gasteiger partial charge in [-0.3, -0.25) is 0 Å². The summed E-state index contributed by atoms with van der Waals surface area (Å²) in [6, 6.07) is 7.30. The summed E-state index contributed by atoms with van der Waals surface area (Å²) in [5, 5.41) is 9.01. The lowest BCUT2D eigenvalue weighted by Crippen LogP contribution is -2.28. The first kappa shape index (κ1) is 18.8. The molecule has 138 valence electrons. The number of nitrogens with zero attached hydrogens (tertiary/aromatic N) is 4. The standard InChI is InChI=1S/C19H23Cl2N5/c1-4-10-25(11-5-2)19-13(3)18(24-17-8-9-22-26(17)19)23-16-7-6-14(20)12-15(16)21/h6-9,12H,4-5,10-11H2,1-3H3,(H,23,24). The van der Waals surface area contributed by atoms with Crippen LogP contribution in [0, 0.1) is 6.92 Å². The lowest BCUT2D eigenvalue weighted by Gasteiger charge is -2.27. The zero-order valence-electron chi connectivity index (χ0n) is 15.3. The van der Waals surface area contributed by atoms with Crippen LogP contribution < -0.4 is 10.2 Å². The summed E-state index contributed by atoms with van der Waals surface area (Å²) < 4.78 is 1.91. The Kier molecular flexibility index (Phi) is 5.89. The van der Waals surface area contributed by atoms with Gasteiger partial charge in [0.25, 0.3) is 0 Å². The number of nitrogens with one attached hydrogen (secondary N) is 1. The van der Waals surface area contributed by atoms with Crippen molar-refractivity contribution in [2.75, 3.05) is 23.3 Å². The second-order valence-electron chi connectivity index (χ2n) is 6.25. The fourth-order valence-corrected chi connectivity index (χ4v) is 3.54. The lowest BCUT2D eigenvalue weighted by molar-refractivity contribution is 0.712. The molecule has 2 heterocycles. The van der Waals surface area contributed by atoms with Gasteiger partial charge in [0, 0.05) is 29.7 Å². The van der Waals surface area contributed by atoms with E-state index in [1.807, 2.05) is 22.7 Å². The van der Waals surface area contributed by atoms with Gasteiger partial charge in [-0.2, -0.15) is 9.61 Å². The minimum Gasteiger partial charge on any atom is -0.356 e. The molecule has 0 amide bonds. The van der Waals surface area contributed by atoms with Crippen molar-refractivity contribution >= 4 is 46.2 Å². The van der Waals surface area contributed by atoms with Gasteiger partial charge in [-0.05, 0) is 38.0 Å². The highest BCUT2D eigenvalue weighted by molar-refractivity contribution is 6.36. The highest BCUT2D eigenvalue weighted by Crippen LogP contribution is 2.32. The maximum absolute atomic E-state index is 6.33. The van der Waals surface area contributed by atoms with Gasteiger partial charge in [-0.25, -0.2) is 4.98 Å². The van der Waals surface area contributed by atoms with E-state index >= 15 is 0 Å². The van der Waals surface area contributed by atoms with Crippen LogP contribution in [0.1, 0.15) is 32.3 Å². The summed E-state index contributed by atoms with van der Waals surface area (Å²) in [6.07, 6.45) is 3.91. The van der Waals surface area contributed by atoms with Gasteiger partial charge in [-0.1, -0.05) is 37.0 Å². The Morgan fingerprint density at radius 2 is 1.85 bits per heavy atom. The van der Waals surface area contributed by atoms with E-state index in [0.717, 1.165) is 54.5 Å². The highest BCUT2D eigenvalue weighted by Gasteiger charge is 2.18. The molecule has 0 atom stereocenters. The van der Waals surface area contributed by atoms with Gasteiger partial charge >= 0.3 is 0 Å². The molecule has 0 bridgehead atoms. The summed E-state index contributed by atoms with van der Waals surface area (Å²) in [5.41, 5.74) is 2.61. The molecule has 0 aliphatic carbocycles. The zero-order valence-corrected chi connectivity index (χ0v) is 16.8. The van der Waals surface area contributed by atoms with Crippen LogP contribution in [0.2, 0.25) is 10.0 Å². The molecule has 2 aromatic heterocycles. The van der Waals surface area contributed by atoms with Gasteiger partial charge in [0.15, 0.2) is 5.65 Å². The van der Waals surface area contributed by atoms with E-state index in [2.05, 4.69) is 36.1 Å². The van der Waals surface area contributed by atoms with E-state index in [1.54, 1.807) is 12.3 Å². The van der Waals surface area contributed by atoms with Crippen molar-refractivity contribution in [3.05, 3.63) is 46.1 Å². The molecule has 0 fully saturated rings. The largest absolute Gasteiger partial charge is 0.356 e. The first-order chi connectivity index (χ1) is 12.5. The number of hydrogen-bond acceptors (Lipinski definition) is 4. The Hall–Kier alpha value is -1.98. The third kappa shape index (κ3) is 3.74. The van der Waals surface area contributed by atoms with E-state index < -0.39 is 0 Å². The number of rotatable bonds is 7. The second-order valence-corrected chi connectivity index (χ2v) is 7.09. The third-order valence-corrected chi connectivity index (χ3v) is 4.76. The molecule has 26 heavy (non-hydrogen) atoms. The maximum atomic E-state index is 6.33. The van der Waals surface area contributed by atoms with Crippen molar-refractivity contribution in [1.29, 1.82) is 0 Å². The van der Waals surface area contributed by atoms with Gasteiger partial charge in [0.2, 0.25) is 0 Å². The fourth-order valence-electron chi connectivity index (χ4n) is 3.08. The number of benzene rings is 1. The van der Waals surface area contributed by atoms with Crippen LogP contribution in [-0.4, -0.2) is 27.7 Å². The van der Waals surface area contributed by atoms with Crippen LogP contribution in [0.4, 0.5) is 17.3 Å². The molecule has 0 saturated heterocycles. The highest BCUT2D eigenvalue weighted by atomic mass is 35.5. The van der Waals surface area contributed by atoms with Crippen molar-refractivity contribution in [3.63, 3.8) is 0 Å². The van der Waals surface area contributed by atoms with Gasteiger partial charge < -0.3 is 10.2 Å². The molecule has 5 nitrogen and oxygen atoms in total. The molecule has 7 heteroatoms. The molecule has 1 N–H and O–H groups in total. The quantitative estimate of drug-likeness (QED) is 0.559. The Morgan fingerprint density at radius 1 is 1.12 bits per heavy atom. The minimum atomic E-state index is 0.563. The summed E-state index contributed by atoms with van der Waals surface area (Å²) in [7, 11) is 0. The van der Waals surface area contributed by atoms with Crippen LogP contribution in [0.25, 0.3) is 5.65 Å². The van der Waals surface area contributed by atoms with Gasteiger partial charge in [0.1, 0.15) is 11.6 Å². The molecule has 0 aliphatic rings. The summed E-state index contributed by atoms with van der Waals surface area (Å²) in [6.45, 7) is 8.37. The van der Waals surface area contributed by atoms with Crippen molar-refractivity contribution < 1.29 is 0 Å². The van der Waals surface area contributed by atoms with Crippen molar-refractivity contribution in [1.82, 2.24) is 14.6 Å². The molecule has 0 spiro atoms. The van der Waals surface area contributed by atoms with E-state index in [1.165, 1.54) is 0 Å². The predicted octanol–water partition coefficient (Wildman–Crippen LogP) is 5.71.